The van der Waals surface area contributed by atoms with Crippen molar-refractivity contribution in [3.05, 3.63) is 23.9 Å². The first kappa shape index (κ1) is 20.3. The van der Waals surface area contributed by atoms with E-state index in [0.717, 1.165) is 37.3 Å². The lowest BCUT2D eigenvalue weighted by Crippen LogP contribution is -2.44. The van der Waals surface area contributed by atoms with Gasteiger partial charge in [-0.2, -0.15) is 0 Å². The molecule has 1 aromatic rings. The molecule has 0 atom stereocenters. The molecular weight excluding hydrogens is 425 g/mol. The third-order valence-corrected chi connectivity index (χ3v) is 5.28. The summed E-state index contributed by atoms with van der Waals surface area (Å²) in [5.74, 6) is 2.88. The predicted molar refractivity (Wildman–Crippen MR) is 116 cm³/mol. The van der Waals surface area contributed by atoms with E-state index in [2.05, 4.69) is 44.6 Å². The van der Waals surface area contributed by atoms with Crippen LogP contribution >= 0.6 is 24.0 Å². The first-order valence-corrected chi connectivity index (χ1v) is 9.41. The average Bonchev–Trinajstić information content (AvgIpc) is 3.15. The van der Waals surface area contributed by atoms with Crippen LogP contribution in [0.4, 0.5) is 5.82 Å². The van der Waals surface area contributed by atoms with Crippen LogP contribution in [-0.2, 0) is 6.54 Å². The summed E-state index contributed by atoms with van der Waals surface area (Å²) in [7, 11) is 1.84. The van der Waals surface area contributed by atoms with Crippen molar-refractivity contribution in [1.82, 2.24) is 15.6 Å². The minimum atomic E-state index is 0. The van der Waals surface area contributed by atoms with Crippen LogP contribution < -0.4 is 15.5 Å². The molecule has 1 saturated heterocycles. The number of halogens is 1. The smallest absolute Gasteiger partial charge is 0.191 e. The van der Waals surface area contributed by atoms with E-state index in [1.807, 2.05) is 13.2 Å². The molecule has 2 fully saturated rings. The Morgan fingerprint density at radius 1 is 1.20 bits per heavy atom. The van der Waals surface area contributed by atoms with Crippen molar-refractivity contribution in [3.63, 3.8) is 0 Å². The SMILES string of the molecule is CN=C(NCc1ccc(N2CCCC2)nc1)NC1CCC(C)CC1.I. The van der Waals surface area contributed by atoms with E-state index in [1.54, 1.807) is 0 Å². The zero-order valence-corrected chi connectivity index (χ0v) is 17.8. The van der Waals surface area contributed by atoms with Crippen LogP contribution in [0.3, 0.4) is 0 Å². The first-order valence-electron chi connectivity index (χ1n) is 9.41. The van der Waals surface area contributed by atoms with Crippen LogP contribution in [0.5, 0.6) is 0 Å². The Morgan fingerprint density at radius 3 is 2.52 bits per heavy atom. The Balaban J connectivity index is 0.00000225. The second-order valence-electron chi connectivity index (χ2n) is 7.25. The number of aliphatic imine (C=N–C) groups is 1. The minimum Gasteiger partial charge on any atom is -0.357 e. The maximum atomic E-state index is 4.61. The molecule has 2 aliphatic rings. The molecule has 140 valence electrons. The summed E-state index contributed by atoms with van der Waals surface area (Å²) in [4.78, 5) is 11.3. The van der Waals surface area contributed by atoms with Gasteiger partial charge >= 0.3 is 0 Å². The van der Waals surface area contributed by atoms with Crippen LogP contribution in [0.1, 0.15) is 51.0 Å². The summed E-state index contributed by atoms with van der Waals surface area (Å²) in [5, 5.41) is 6.98. The number of hydrogen-bond donors (Lipinski definition) is 2. The van der Waals surface area contributed by atoms with Crippen LogP contribution in [0.25, 0.3) is 0 Å². The van der Waals surface area contributed by atoms with Gasteiger partial charge in [0.1, 0.15) is 5.82 Å². The van der Waals surface area contributed by atoms with Crippen molar-refractivity contribution in [2.45, 2.75) is 58.0 Å². The van der Waals surface area contributed by atoms with Gasteiger partial charge in [-0.25, -0.2) is 4.98 Å². The number of rotatable bonds is 4. The molecule has 0 spiro atoms. The van der Waals surface area contributed by atoms with E-state index in [4.69, 9.17) is 0 Å². The van der Waals surface area contributed by atoms with Crippen LogP contribution in [-0.4, -0.2) is 37.1 Å². The summed E-state index contributed by atoms with van der Waals surface area (Å²) in [6.45, 7) is 5.39. The van der Waals surface area contributed by atoms with E-state index >= 15 is 0 Å². The van der Waals surface area contributed by atoms with Gasteiger partial charge in [-0.15, -0.1) is 24.0 Å². The molecule has 3 rings (SSSR count). The molecule has 1 aromatic heterocycles. The van der Waals surface area contributed by atoms with E-state index in [0.29, 0.717) is 6.04 Å². The fourth-order valence-electron chi connectivity index (χ4n) is 3.63. The molecule has 1 aliphatic heterocycles. The second kappa shape index (κ2) is 10.2. The Bertz CT molecular complexity index is 531. The molecule has 6 heteroatoms. The summed E-state index contributed by atoms with van der Waals surface area (Å²) in [6.07, 6.45) is 9.67. The largest absolute Gasteiger partial charge is 0.357 e. The van der Waals surface area contributed by atoms with E-state index in [-0.39, 0.29) is 24.0 Å². The van der Waals surface area contributed by atoms with Crippen molar-refractivity contribution >= 4 is 35.8 Å². The number of anilines is 1. The van der Waals surface area contributed by atoms with E-state index in [9.17, 15) is 0 Å². The molecule has 1 aliphatic carbocycles. The van der Waals surface area contributed by atoms with Crippen molar-refractivity contribution in [3.8, 4) is 0 Å². The molecule has 2 heterocycles. The number of guanidine groups is 1. The quantitative estimate of drug-likeness (QED) is 0.413. The maximum Gasteiger partial charge on any atom is 0.191 e. The number of nitrogens with one attached hydrogen (secondary N) is 2. The highest BCUT2D eigenvalue weighted by Gasteiger charge is 2.19. The zero-order chi connectivity index (χ0) is 16.8. The van der Waals surface area contributed by atoms with Gasteiger partial charge in [-0.3, -0.25) is 4.99 Å². The highest BCUT2D eigenvalue weighted by Crippen LogP contribution is 2.23. The fourth-order valence-corrected chi connectivity index (χ4v) is 3.63. The summed E-state index contributed by atoms with van der Waals surface area (Å²) >= 11 is 0. The third kappa shape index (κ3) is 6.01. The molecule has 0 radical (unpaired) electrons. The monoisotopic (exact) mass is 457 g/mol. The molecule has 0 aromatic carbocycles. The van der Waals surface area contributed by atoms with E-state index in [1.165, 1.54) is 44.1 Å². The first-order chi connectivity index (χ1) is 11.7. The Hall–Kier alpha value is -1.05. The van der Waals surface area contributed by atoms with Crippen molar-refractivity contribution < 1.29 is 0 Å². The van der Waals surface area contributed by atoms with Gasteiger partial charge in [0, 0.05) is 38.9 Å². The van der Waals surface area contributed by atoms with Crippen LogP contribution in [0, 0.1) is 5.92 Å². The molecular formula is C19H32IN5. The normalized spacial score (nSPS) is 23.9. The third-order valence-electron chi connectivity index (χ3n) is 5.28. The Labute approximate surface area is 169 Å². The number of pyridine rings is 1. The molecule has 5 nitrogen and oxygen atoms in total. The number of hydrogen-bond acceptors (Lipinski definition) is 3. The number of nitrogens with zero attached hydrogens (tertiary/aromatic N) is 3. The van der Waals surface area contributed by atoms with Gasteiger partial charge in [0.2, 0.25) is 0 Å². The minimum absolute atomic E-state index is 0. The lowest BCUT2D eigenvalue weighted by Gasteiger charge is -2.28. The molecule has 25 heavy (non-hydrogen) atoms. The highest BCUT2D eigenvalue weighted by atomic mass is 127. The average molecular weight is 457 g/mol. The van der Waals surface area contributed by atoms with Crippen LogP contribution in [0.2, 0.25) is 0 Å². The summed E-state index contributed by atoms with van der Waals surface area (Å²) in [5.41, 5.74) is 1.19. The maximum absolute atomic E-state index is 4.61. The molecule has 0 amide bonds. The lowest BCUT2D eigenvalue weighted by atomic mass is 9.87. The van der Waals surface area contributed by atoms with Gasteiger partial charge in [0.25, 0.3) is 0 Å². The standard InChI is InChI=1S/C19H31N5.HI/c1-15-5-8-17(9-6-15)23-19(20-2)22-14-16-7-10-18(21-13-16)24-11-3-4-12-24;/h7,10,13,15,17H,3-6,8-9,11-12,14H2,1-2H3,(H2,20,22,23);1H. The topological polar surface area (TPSA) is 52.6 Å². The second-order valence-corrected chi connectivity index (χ2v) is 7.25. The molecule has 0 bridgehead atoms. The molecule has 1 saturated carbocycles. The van der Waals surface area contributed by atoms with Crippen molar-refractivity contribution in [2.75, 3.05) is 25.0 Å². The summed E-state index contributed by atoms with van der Waals surface area (Å²) in [6, 6.07) is 4.87. The molecule has 2 N–H and O–H groups in total. The van der Waals surface area contributed by atoms with Gasteiger partial charge in [-0.1, -0.05) is 13.0 Å². The lowest BCUT2D eigenvalue weighted by molar-refractivity contribution is 0.329. The zero-order valence-electron chi connectivity index (χ0n) is 15.5. The Morgan fingerprint density at radius 2 is 1.92 bits per heavy atom. The van der Waals surface area contributed by atoms with Crippen LogP contribution in [0.15, 0.2) is 23.3 Å². The fraction of sp³-hybridized carbons (Fsp3) is 0.684. The number of aromatic nitrogens is 1. The van der Waals surface area contributed by atoms with Crippen molar-refractivity contribution in [2.24, 2.45) is 10.9 Å². The van der Waals surface area contributed by atoms with Gasteiger partial charge in [0.05, 0.1) is 0 Å². The van der Waals surface area contributed by atoms with Crippen molar-refractivity contribution in [1.29, 1.82) is 0 Å². The summed E-state index contributed by atoms with van der Waals surface area (Å²) < 4.78 is 0. The van der Waals surface area contributed by atoms with E-state index < -0.39 is 0 Å². The van der Waals surface area contributed by atoms with Gasteiger partial charge < -0.3 is 15.5 Å². The Kier molecular flexibility index (Phi) is 8.26. The highest BCUT2D eigenvalue weighted by molar-refractivity contribution is 14.0. The van der Waals surface area contributed by atoms with Gasteiger partial charge in [-0.05, 0) is 56.1 Å². The molecule has 0 unspecified atom stereocenters. The van der Waals surface area contributed by atoms with Gasteiger partial charge in [0.15, 0.2) is 5.96 Å². The predicted octanol–water partition coefficient (Wildman–Crippen LogP) is 3.54.